The summed E-state index contributed by atoms with van der Waals surface area (Å²) in [7, 11) is 0. The molecule has 0 aliphatic heterocycles. The van der Waals surface area contributed by atoms with Crippen molar-refractivity contribution < 1.29 is 19.0 Å². The van der Waals surface area contributed by atoms with Gasteiger partial charge in [-0.15, -0.1) is 0 Å². The fourth-order valence-corrected chi connectivity index (χ4v) is 1.02. The smallest absolute Gasteiger partial charge is 0.153 e. The first-order chi connectivity index (χ1) is 7.04. The van der Waals surface area contributed by atoms with Crippen molar-refractivity contribution in [3.63, 3.8) is 0 Å². The van der Waals surface area contributed by atoms with Crippen molar-refractivity contribution in [2.24, 2.45) is 0 Å². The fourth-order valence-electron chi connectivity index (χ4n) is 1.02. The summed E-state index contributed by atoms with van der Waals surface area (Å²) in [5.41, 5.74) is 0.141. The molecule has 4 heteroatoms. The van der Waals surface area contributed by atoms with Crippen LogP contribution in [0.5, 0.6) is 5.75 Å². The molecule has 0 amide bonds. The van der Waals surface area contributed by atoms with Gasteiger partial charge in [0.1, 0.15) is 17.7 Å². The Labute approximate surface area is 87.5 Å². The SMILES string of the molecule is CC(O)C(C)Oc1ccc(F)cc1C=O. The first-order valence-electron chi connectivity index (χ1n) is 4.64. The normalized spacial score (nSPS) is 14.4. The molecule has 0 aliphatic rings. The maximum atomic E-state index is 12.8. The van der Waals surface area contributed by atoms with Crippen molar-refractivity contribution >= 4 is 6.29 Å². The molecule has 1 aromatic carbocycles. The summed E-state index contributed by atoms with van der Waals surface area (Å²) in [4.78, 5) is 10.6. The van der Waals surface area contributed by atoms with Gasteiger partial charge in [0.15, 0.2) is 6.29 Å². The highest BCUT2D eigenvalue weighted by Crippen LogP contribution is 2.19. The van der Waals surface area contributed by atoms with Gasteiger partial charge in [-0.3, -0.25) is 4.79 Å². The first-order valence-corrected chi connectivity index (χ1v) is 4.64. The van der Waals surface area contributed by atoms with Crippen LogP contribution in [-0.2, 0) is 0 Å². The number of rotatable bonds is 4. The molecular formula is C11H13FO3. The van der Waals surface area contributed by atoms with Gasteiger partial charge in [0, 0.05) is 0 Å². The van der Waals surface area contributed by atoms with E-state index >= 15 is 0 Å². The quantitative estimate of drug-likeness (QED) is 0.774. The molecule has 1 aromatic rings. The van der Waals surface area contributed by atoms with Crippen molar-refractivity contribution in [2.45, 2.75) is 26.1 Å². The highest BCUT2D eigenvalue weighted by molar-refractivity contribution is 5.79. The van der Waals surface area contributed by atoms with Gasteiger partial charge in [-0.25, -0.2) is 4.39 Å². The molecule has 15 heavy (non-hydrogen) atoms. The van der Waals surface area contributed by atoms with E-state index in [1.165, 1.54) is 12.1 Å². The van der Waals surface area contributed by atoms with Gasteiger partial charge in [-0.2, -0.15) is 0 Å². The van der Waals surface area contributed by atoms with Crippen LogP contribution in [0.2, 0.25) is 0 Å². The maximum Gasteiger partial charge on any atom is 0.153 e. The molecule has 0 saturated carbocycles. The lowest BCUT2D eigenvalue weighted by molar-refractivity contribution is 0.0597. The highest BCUT2D eigenvalue weighted by Gasteiger charge is 2.13. The van der Waals surface area contributed by atoms with E-state index in [2.05, 4.69) is 0 Å². The molecular weight excluding hydrogens is 199 g/mol. The third kappa shape index (κ3) is 3.02. The topological polar surface area (TPSA) is 46.5 Å². The van der Waals surface area contributed by atoms with Crippen LogP contribution in [-0.4, -0.2) is 23.6 Å². The molecule has 2 atom stereocenters. The number of carbonyl (C=O) groups is 1. The molecule has 0 aromatic heterocycles. The van der Waals surface area contributed by atoms with Gasteiger partial charge in [0.2, 0.25) is 0 Å². The summed E-state index contributed by atoms with van der Waals surface area (Å²) in [6.45, 7) is 3.25. The van der Waals surface area contributed by atoms with E-state index < -0.39 is 18.0 Å². The zero-order valence-corrected chi connectivity index (χ0v) is 8.61. The lowest BCUT2D eigenvalue weighted by Gasteiger charge is -2.18. The zero-order valence-electron chi connectivity index (χ0n) is 8.61. The summed E-state index contributed by atoms with van der Waals surface area (Å²) >= 11 is 0. The van der Waals surface area contributed by atoms with Crippen molar-refractivity contribution in [3.05, 3.63) is 29.6 Å². The molecule has 0 spiro atoms. The molecule has 1 rings (SSSR count). The number of carbonyl (C=O) groups excluding carboxylic acids is 1. The lowest BCUT2D eigenvalue weighted by atomic mass is 10.2. The Morgan fingerprint density at radius 2 is 2.13 bits per heavy atom. The number of aldehydes is 1. The standard InChI is InChI=1S/C11H13FO3/c1-7(14)8(2)15-11-4-3-10(12)5-9(11)6-13/h3-8,14H,1-2H3. The van der Waals surface area contributed by atoms with Crippen molar-refractivity contribution in [2.75, 3.05) is 0 Å². The molecule has 0 aliphatic carbocycles. The molecule has 1 N–H and O–H groups in total. The van der Waals surface area contributed by atoms with Gasteiger partial charge in [-0.05, 0) is 32.0 Å². The van der Waals surface area contributed by atoms with Crippen LogP contribution in [0.1, 0.15) is 24.2 Å². The molecule has 0 radical (unpaired) electrons. The molecule has 3 nitrogen and oxygen atoms in total. The number of halogens is 1. The second-order valence-corrected chi connectivity index (χ2v) is 3.36. The van der Waals surface area contributed by atoms with Crippen LogP contribution in [0, 0.1) is 5.82 Å². The van der Waals surface area contributed by atoms with Crippen LogP contribution < -0.4 is 4.74 Å². The third-order valence-electron chi connectivity index (χ3n) is 2.09. The number of aliphatic hydroxyl groups excluding tert-OH is 1. The van der Waals surface area contributed by atoms with E-state index in [4.69, 9.17) is 4.74 Å². The average molecular weight is 212 g/mol. The second kappa shape index (κ2) is 4.89. The molecule has 2 unspecified atom stereocenters. The Hall–Kier alpha value is -1.42. The monoisotopic (exact) mass is 212 g/mol. The first kappa shape index (κ1) is 11.7. The van der Waals surface area contributed by atoms with E-state index in [9.17, 15) is 14.3 Å². The van der Waals surface area contributed by atoms with E-state index in [0.29, 0.717) is 6.29 Å². The van der Waals surface area contributed by atoms with Gasteiger partial charge < -0.3 is 9.84 Å². The number of ether oxygens (including phenoxy) is 1. The van der Waals surface area contributed by atoms with Gasteiger partial charge in [0.25, 0.3) is 0 Å². The van der Waals surface area contributed by atoms with E-state index in [0.717, 1.165) is 6.07 Å². The minimum atomic E-state index is -0.658. The summed E-state index contributed by atoms with van der Waals surface area (Å²) in [6, 6.07) is 3.67. The third-order valence-corrected chi connectivity index (χ3v) is 2.09. The Bertz CT molecular complexity index is 350. The molecule has 0 heterocycles. The van der Waals surface area contributed by atoms with Gasteiger partial charge >= 0.3 is 0 Å². The molecule has 0 bridgehead atoms. The minimum absolute atomic E-state index is 0.141. The molecule has 0 saturated heterocycles. The lowest BCUT2D eigenvalue weighted by Crippen LogP contribution is -2.26. The number of hydrogen-bond acceptors (Lipinski definition) is 3. The van der Waals surface area contributed by atoms with Crippen LogP contribution in [0.15, 0.2) is 18.2 Å². The van der Waals surface area contributed by atoms with Crippen LogP contribution in [0.3, 0.4) is 0 Å². The van der Waals surface area contributed by atoms with Crippen LogP contribution >= 0.6 is 0 Å². The number of benzene rings is 1. The Kier molecular flexibility index (Phi) is 3.80. The van der Waals surface area contributed by atoms with Crippen LogP contribution in [0.4, 0.5) is 4.39 Å². The molecule has 0 fully saturated rings. The number of hydrogen-bond donors (Lipinski definition) is 1. The van der Waals surface area contributed by atoms with Crippen molar-refractivity contribution in [1.82, 2.24) is 0 Å². The summed E-state index contributed by atoms with van der Waals surface area (Å²) < 4.78 is 18.1. The largest absolute Gasteiger partial charge is 0.487 e. The summed E-state index contributed by atoms with van der Waals surface area (Å²) in [5.74, 6) is -0.214. The summed E-state index contributed by atoms with van der Waals surface area (Å²) in [6.07, 6.45) is -0.587. The van der Waals surface area contributed by atoms with E-state index in [-0.39, 0.29) is 11.3 Å². The zero-order chi connectivity index (χ0) is 11.4. The van der Waals surface area contributed by atoms with Crippen molar-refractivity contribution in [1.29, 1.82) is 0 Å². The Morgan fingerprint density at radius 3 is 2.67 bits per heavy atom. The van der Waals surface area contributed by atoms with Crippen LogP contribution in [0.25, 0.3) is 0 Å². The Morgan fingerprint density at radius 1 is 1.47 bits per heavy atom. The van der Waals surface area contributed by atoms with Gasteiger partial charge in [-0.1, -0.05) is 0 Å². The minimum Gasteiger partial charge on any atom is -0.487 e. The van der Waals surface area contributed by atoms with Gasteiger partial charge in [0.05, 0.1) is 11.7 Å². The molecule has 82 valence electrons. The second-order valence-electron chi connectivity index (χ2n) is 3.36. The fraction of sp³-hybridized carbons (Fsp3) is 0.364. The Balaban J connectivity index is 2.89. The maximum absolute atomic E-state index is 12.8. The van der Waals surface area contributed by atoms with E-state index in [1.54, 1.807) is 13.8 Å². The predicted molar refractivity (Wildman–Crippen MR) is 53.6 cm³/mol. The number of aliphatic hydroxyl groups is 1. The predicted octanol–water partition coefficient (Wildman–Crippen LogP) is 1.79. The highest BCUT2D eigenvalue weighted by atomic mass is 19.1. The van der Waals surface area contributed by atoms with E-state index in [1.807, 2.05) is 0 Å². The average Bonchev–Trinajstić information content (AvgIpc) is 2.20. The van der Waals surface area contributed by atoms with Crippen molar-refractivity contribution in [3.8, 4) is 5.75 Å². The summed E-state index contributed by atoms with van der Waals surface area (Å²) in [5, 5.41) is 9.21.